The summed E-state index contributed by atoms with van der Waals surface area (Å²) in [6.45, 7) is 0. The highest BCUT2D eigenvalue weighted by Gasteiger charge is 1.72. The Balaban J connectivity index is 2.54. The zero-order valence-corrected chi connectivity index (χ0v) is 4.54. The first-order chi connectivity index (χ1) is 2.91. The third kappa shape index (κ3) is 3.91. The largest absolute Gasteiger partial charge is 0.179 e. The van der Waals surface area contributed by atoms with Gasteiger partial charge >= 0.3 is 0 Å². The summed E-state index contributed by atoms with van der Waals surface area (Å²) >= 11 is 3.96. The molecule has 0 atom stereocenters. The van der Waals surface area contributed by atoms with E-state index in [9.17, 15) is 0 Å². The number of terminal acetylenes is 1. The van der Waals surface area contributed by atoms with E-state index >= 15 is 0 Å². The Bertz CT molecular complexity index is 51.4. The van der Waals surface area contributed by atoms with Crippen molar-refractivity contribution in [3.63, 3.8) is 0 Å². The van der Waals surface area contributed by atoms with E-state index in [0.717, 1.165) is 18.6 Å². The average molecular weight is 100 g/mol. The first-order valence-electron chi connectivity index (χ1n) is 1.96. The van der Waals surface area contributed by atoms with Crippen LogP contribution < -0.4 is 0 Å². The summed E-state index contributed by atoms with van der Waals surface area (Å²) in [5, 5.41) is 0. The van der Waals surface area contributed by atoms with Gasteiger partial charge in [-0.1, -0.05) is 0 Å². The van der Waals surface area contributed by atoms with Crippen molar-refractivity contribution >= 4 is 12.6 Å². The summed E-state index contributed by atoms with van der Waals surface area (Å²) in [5.41, 5.74) is 0. The van der Waals surface area contributed by atoms with Crippen molar-refractivity contribution in [2.75, 3.05) is 5.75 Å². The Kier molecular flexibility index (Phi) is 4.84. The number of rotatable bonds is 2. The molecule has 34 valence electrons. The Hall–Kier alpha value is -0.0900. The Morgan fingerprint density at radius 2 is 2.33 bits per heavy atom. The zero-order chi connectivity index (χ0) is 4.83. The molecule has 0 saturated heterocycles. The highest BCUT2D eigenvalue weighted by Crippen LogP contribution is 1.86. The number of hydrogen-bond donors (Lipinski definition) is 1. The van der Waals surface area contributed by atoms with Crippen molar-refractivity contribution in [3.8, 4) is 12.3 Å². The molecule has 0 rings (SSSR count). The van der Waals surface area contributed by atoms with Crippen LogP contribution in [0, 0.1) is 12.3 Å². The van der Waals surface area contributed by atoms with Gasteiger partial charge in [0.15, 0.2) is 0 Å². The van der Waals surface area contributed by atoms with E-state index in [4.69, 9.17) is 6.42 Å². The van der Waals surface area contributed by atoms with Crippen LogP contribution in [0.1, 0.15) is 12.8 Å². The fraction of sp³-hybridized carbons (Fsp3) is 0.600. The number of unbranched alkanes of at least 4 members (excludes halogenated alkanes) is 1. The van der Waals surface area contributed by atoms with Crippen LogP contribution in [0.15, 0.2) is 0 Å². The highest BCUT2D eigenvalue weighted by molar-refractivity contribution is 7.80. The third-order valence-corrected chi connectivity index (χ3v) is 0.795. The van der Waals surface area contributed by atoms with Gasteiger partial charge in [-0.25, -0.2) is 0 Å². The predicted octanol–water partition coefficient (Wildman–Crippen LogP) is 1.33. The molecule has 0 heterocycles. The molecule has 0 aliphatic heterocycles. The minimum atomic E-state index is 0.865. The van der Waals surface area contributed by atoms with E-state index in [1.807, 2.05) is 0 Å². The van der Waals surface area contributed by atoms with Crippen molar-refractivity contribution in [2.45, 2.75) is 12.8 Å². The lowest BCUT2D eigenvalue weighted by Gasteiger charge is -1.79. The molecule has 0 aromatic heterocycles. The summed E-state index contributed by atoms with van der Waals surface area (Å²) < 4.78 is 0. The van der Waals surface area contributed by atoms with Crippen molar-refractivity contribution in [1.29, 1.82) is 0 Å². The van der Waals surface area contributed by atoms with E-state index < -0.39 is 0 Å². The molecule has 0 aliphatic carbocycles. The van der Waals surface area contributed by atoms with Gasteiger partial charge in [0.2, 0.25) is 0 Å². The molecule has 0 aromatic rings. The maximum Gasteiger partial charge on any atom is 0.00938 e. The van der Waals surface area contributed by atoms with E-state index in [-0.39, 0.29) is 0 Å². The second-order valence-electron chi connectivity index (χ2n) is 1.03. The molecule has 0 spiro atoms. The van der Waals surface area contributed by atoms with Crippen LogP contribution in [0.4, 0.5) is 0 Å². The van der Waals surface area contributed by atoms with Gasteiger partial charge in [-0.15, -0.1) is 12.3 Å². The molecule has 6 heavy (non-hydrogen) atoms. The predicted molar refractivity (Wildman–Crippen MR) is 31.9 cm³/mol. The van der Waals surface area contributed by atoms with Gasteiger partial charge < -0.3 is 0 Å². The monoisotopic (exact) mass is 100 g/mol. The maximum absolute atomic E-state index is 4.93. The van der Waals surface area contributed by atoms with E-state index in [2.05, 4.69) is 18.5 Å². The second-order valence-corrected chi connectivity index (χ2v) is 1.48. The van der Waals surface area contributed by atoms with Crippen LogP contribution >= 0.6 is 12.6 Å². The lowest BCUT2D eigenvalue weighted by molar-refractivity contribution is 1.00. The van der Waals surface area contributed by atoms with E-state index in [1.54, 1.807) is 0 Å². The molecule has 0 aliphatic rings. The molecule has 0 aromatic carbocycles. The van der Waals surface area contributed by atoms with Crippen LogP contribution in [0.5, 0.6) is 0 Å². The van der Waals surface area contributed by atoms with Crippen LogP contribution in [-0.4, -0.2) is 5.75 Å². The van der Waals surface area contributed by atoms with Crippen molar-refractivity contribution < 1.29 is 0 Å². The van der Waals surface area contributed by atoms with Gasteiger partial charge in [0, 0.05) is 6.42 Å². The minimum Gasteiger partial charge on any atom is -0.179 e. The topological polar surface area (TPSA) is 0 Å². The van der Waals surface area contributed by atoms with Gasteiger partial charge in [0.1, 0.15) is 0 Å². The fourth-order valence-corrected chi connectivity index (χ4v) is 0.339. The number of thiol groups is 1. The van der Waals surface area contributed by atoms with Crippen molar-refractivity contribution in [3.05, 3.63) is 0 Å². The van der Waals surface area contributed by atoms with Gasteiger partial charge in [-0.2, -0.15) is 12.6 Å². The lowest BCUT2D eigenvalue weighted by Crippen LogP contribution is -1.68. The summed E-state index contributed by atoms with van der Waals surface area (Å²) in [4.78, 5) is 0. The zero-order valence-electron chi connectivity index (χ0n) is 3.65. The quantitative estimate of drug-likeness (QED) is 0.302. The smallest absolute Gasteiger partial charge is 0.00938 e. The first-order valence-corrected chi connectivity index (χ1v) is 2.59. The standard InChI is InChI=1S/C5H8S/c1-2-3-4-5-6/h1,6H,3-5H2. The van der Waals surface area contributed by atoms with Gasteiger partial charge in [0.25, 0.3) is 0 Å². The van der Waals surface area contributed by atoms with E-state index in [0.29, 0.717) is 0 Å². The SMILES string of the molecule is C#CCCCS. The van der Waals surface area contributed by atoms with Crippen LogP contribution in [0.3, 0.4) is 0 Å². The molecule has 0 fully saturated rings. The average Bonchev–Trinajstić information content (AvgIpc) is 1.61. The van der Waals surface area contributed by atoms with Gasteiger partial charge in [-0.05, 0) is 12.2 Å². The van der Waals surface area contributed by atoms with Gasteiger partial charge in [-0.3, -0.25) is 0 Å². The fourth-order valence-electron chi connectivity index (χ4n) is 0.181. The Labute approximate surface area is 44.4 Å². The molecule has 0 N–H and O–H groups in total. The normalized spacial score (nSPS) is 7.33. The van der Waals surface area contributed by atoms with Crippen LogP contribution in [0.2, 0.25) is 0 Å². The molecule has 0 nitrogen and oxygen atoms in total. The van der Waals surface area contributed by atoms with E-state index in [1.165, 1.54) is 0 Å². The molecule has 0 unspecified atom stereocenters. The Morgan fingerprint density at radius 1 is 1.67 bits per heavy atom. The molecular weight excluding hydrogens is 92.1 g/mol. The van der Waals surface area contributed by atoms with Crippen LogP contribution in [0.25, 0.3) is 0 Å². The molecule has 0 bridgehead atoms. The third-order valence-electron chi connectivity index (χ3n) is 0.479. The molecule has 0 saturated carbocycles. The van der Waals surface area contributed by atoms with Gasteiger partial charge in [0.05, 0.1) is 0 Å². The van der Waals surface area contributed by atoms with Crippen molar-refractivity contribution in [2.24, 2.45) is 0 Å². The molecule has 0 radical (unpaired) electrons. The lowest BCUT2D eigenvalue weighted by atomic mass is 10.4. The second kappa shape index (κ2) is 4.91. The number of hydrogen-bond acceptors (Lipinski definition) is 1. The first kappa shape index (κ1) is 5.91. The van der Waals surface area contributed by atoms with Crippen LogP contribution in [-0.2, 0) is 0 Å². The minimum absolute atomic E-state index is 0.865. The molecule has 1 heteroatoms. The molecular formula is C5H8S. The molecule has 0 amide bonds. The summed E-state index contributed by atoms with van der Waals surface area (Å²) in [6, 6.07) is 0. The maximum atomic E-state index is 4.93. The summed E-state index contributed by atoms with van der Waals surface area (Å²) in [5.74, 6) is 3.43. The summed E-state index contributed by atoms with van der Waals surface area (Å²) in [6.07, 6.45) is 6.84. The van der Waals surface area contributed by atoms with Crippen molar-refractivity contribution in [1.82, 2.24) is 0 Å². The highest BCUT2D eigenvalue weighted by atomic mass is 32.1. The Morgan fingerprint density at radius 3 is 2.50 bits per heavy atom. The summed E-state index contributed by atoms with van der Waals surface area (Å²) in [7, 11) is 0.